The third-order valence-electron chi connectivity index (χ3n) is 3.52. The van der Waals surface area contributed by atoms with Gasteiger partial charge in [-0.25, -0.2) is 0 Å². The number of para-hydroxylation sites is 1. The first-order valence-electron chi connectivity index (χ1n) is 7.17. The van der Waals surface area contributed by atoms with Gasteiger partial charge < -0.3 is 5.32 Å². The monoisotopic (exact) mass is 298 g/mol. The first-order chi connectivity index (χ1) is 10.3. The number of hydrogen-bond acceptors (Lipinski definition) is 5. The van der Waals surface area contributed by atoms with Crippen molar-refractivity contribution in [3.63, 3.8) is 0 Å². The maximum absolute atomic E-state index is 4.57. The Morgan fingerprint density at radius 2 is 2.10 bits per heavy atom. The van der Waals surface area contributed by atoms with Gasteiger partial charge in [-0.1, -0.05) is 35.7 Å². The molecule has 21 heavy (non-hydrogen) atoms. The number of aryl methyl sites for hydroxylation is 1. The quantitative estimate of drug-likeness (QED) is 0.783. The highest BCUT2D eigenvalue weighted by Gasteiger charge is 2.21. The van der Waals surface area contributed by atoms with Crippen molar-refractivity contribution in [2.24, 2.45) is 0 Å². The van der Waals surface area contributed by atoms with Crippen molar-refractivity contribution in [2.45, 2.75) is 26.3 Å². The molecule has 0 radical (unpaired) electrons. The van der Waals surface area contributed by atoms with Crippen LogP contribution in [-0.2, 0) is 0 Å². The molecule has 0 amide bonds. The van der Waals surface area contributed by atoms with E-state index in [9.17, 15) is 0 Å². The highest BCUT2D eigenvalue weighted by molar-refractivity contribution is 7.05. The molecule has 108 valence electrons. The van der Waals surface area contributed by atoms with Crippen molar-refractivity contribution in [3.8, 4) is 0 Å². The van der Waals surface area contributed by atoms with E-state index in [1.54, 1.807) is 0 Å². The lowest BCUT2D eigenvalue weighted by Gasteiger charge is -2.19. The van der Waals surface area contributed by atoms with Crippen molar-refractivity contribution in [1.29, 1.82) is 0 Å². The van der Waals surface area contributed by atoms with E-state index in [2.05, 4.69) is 51.1 Å². The molecule has 0 fully saturated rings. The lowest BCUT2D eigenvalue weighted by Crippen LogP contribution is -2.23. The summed E-state index contributed by atoms with van der Waals surface area (Å²) in [6.07, 6.45) is 2.93. The van der Waals surface area contributed by atoms with Gasteiger partial charge in [-0.15, -0.1) is 5.10 Å². The van der Waals surface area contributed by atoms with Gasteiger partial charge in [0.2, 0.25) is 0 Å². The molecule has 5 heteroatoms. The molecule has 2 heterocycles. The van der Waals surface area contributed by atoms with Crippen LogP contribution in [0.4, 0.5) is 0 Å². The molecule has 0 aliphatic rings. The van der Waals surface area contributed by atoms with Crippen LogP contribution in [0.15, 0.2) is 36.5 Å². The summed E-state index contributed by atoms with van der Waals surface area (Å²) in [6.45, 7) is 5.13. The third-order valence-corrected chi connectivity index (χ3v) is 4.41. The molecule has 0 spiro atoms. The summed E-state index contributed by atoms with van der Waals surface area (Å²) in [7, 11) is 0. The standard InChI is InChI=1S/C16H18N4S/c1-3-9-17-15(16-11(2)19-20-21-16)13-8-4-6-12-7-5-10-18-14(12)13/h4-8,10,15,17H,3,9H2,1-2H3. The third kappa shape index (κ3) is 2.80. The van der Waals surface area contributed by atoms with Crippen LogP contribution in [0.3, 0.4) is 0 Å². The fraction of sp³-hybridized carbons (Fsp3) is 0.312. The van der Waals surface area contributed by atoms with Crippen LogP contribution >= 0.6 is 11.5 Å². The summed E-state index contributed by atoms with van der Waals surface area (Å²) in [5, 5.41) is 8.93. The summed E-state index contributed by atoms with van der Waals surface area (Å²) in [6, 6.07) is 10.5. The normalized spacial score (nSPS) is 12.7. The van der Waals surface area contributed by atoms with Crippen molar-refractivity contribution in [2.75, 3.05) is 6.54 Å². The predicted molar refractivity (Wildman–Crippen MR) is 86.5 cm³/mol. The summed E-state index contributed by atoms with van der Waals surface area (Å²) in [4.78, 5) is 5.74. The van der Waals surface area contributed by atoms with Crippen LogP contribution < -0.4 is 5.32 Å². The summed E-state index contributed by atoms with van der Waals surface area (Å²) >= 11 is 1.46. The van der Waals surface area contributed by atoms with E-state index in [4.69, 9.17) is 0 Å². The Morgan fingerprint density at radius 3 is 2.86 bits per heavy atom. The Hall–Kier alpha value is -1.85. The number of hydrogen-bond donors (Lipinski definition) is 1. The van der Waals surface area contributed by atoms with Gasteiger partial charge in [-0.2, -0.15) is 0 Å². The van der Waals surface area contributed by atoms with Gasteiger partial charge in [0.1, 0.15) is 0 Å². The molecule has 0 bridgehead atoms. The topological polar surface area (TPSA) is 50.7 Å². The average Bonchev–Trinajstić information content (AvgIpc) is 2.94. The minimum atomic E-state index is 0.101. The molecule has 0 aliphatic carbocycles. The molecule has 0 saturated heterocycles. The summed E-state index contributed by atoms with van der Waals surface area (Å²) in [5.41, 5.74) is 3.22. The predicted octanol–water partition coefficient (Wildman–Crippen LogP) is 3.48. The average molecular weight is 298 g/mol. The van der Waals surface area contributed by atoms with Crippen LogP contribution in [0.25, 0.3) is 10.9 Å². The number of aromatic nitrogens is 3. The molecule has 0 aliphatic heterocycles. The first-order valence-corrected chi connectivity index (χ1v) is 7.94. The molecular weight excluding hydrogens is 280 g/mol. The number of nitrogens with zero attached hydrogens (tertiary/aromatic N) is 3. The van der Waals surface area contributed by atoms with E-state index >= 15 is 0 Å². The van der Waals surface area contributed by atoms with Crippen molar-refractivity contribution < 1.29 is 0 Å². The van der Waals surface area contributed by atoms with Gasteiger partial charge in [0.25, 0.3) is 0 Å². The van der Waals surface area contributed by atoms with Crippen molar-refractivity contribution in [1.82, 2.24) is 19.9 Å². The lowest BCUT2D eigenvalue weighted by molar-refractivity contribution is 0.605. The molecule has 0 saturated carbocycles. The zero-order valence-electron chi connectivity index (χ0n) is 12.2. The fourth-order valence-electron chi connectivity index (χ4n) is 2.50. The number of nitrogens with one attached hydrogen (secondary N) is 1. The largest absolute Gasteiger partial charge is 0.305 e. The van der Waals surface area contributed by atoms with Gasteiger partial charge in [0.15, 0.2) is 0 Å². The van der Waals surface area contributed by atoms with E-state index in [1.165, 1.54) is 22.0 Å². The first kappa shape index (κ1) is 14.1. The van der Waals surface area contributed by atoms with Crippen LogP contribution in [-0.4, -0.2) is 21.1 Å². The second-order valence-corrected chi connectivity index (χ2v) is 5.82. The van der Waals surface area contributed by atoms with Gasteiger partial charge in [0.05, 0.1) is 22.1 Å². The maximum Gasteiger partial charge on any atom is 0.0776 e. The van der Waals surface area contributed by atoms with E-state index in [0.29, 0.717) is 0 Å². The smallest absolute Gasteiger partial charge is 0.0776 e. The second kappa shape index (κ2) is 6.28. The van der Waals surface area contributed by atoms with Gasteiger partial charge >= 0.3 is 0 Å². The van der Waals surface area contributed by atoms with E-state index in [0.717, 1.165) is 29.6 Å². The summed E-state index contributed by atoms with van der Waals surface area (Å²) in [5.74, 6) is 0. The zero-order chi connectivity index (χ0) is 14.7. The van der Waals surface area contributed by atoms with Crippen molar-refractivity contribution >= 4 is 22.4 Å². The number of benzene rings is 1. The number of pyridine rings is 1. The lowest BCUT2D eigenvalue weighted by atomic mass is 10.0. The molecule has 3 rings (SSSR count). The molecule has 4 nitrogen and oxygen atoms in total. The molecule has 3 aromatic rings. The van der Waals surface area contributed by atoms with Crippen molar-refractivity contribution in [3.05, 3.63) is 52.7 Å². The second-order valence-electron chi connectivity index (χ2n) is 5.03. The molecule has 1 aromatic carbocycles. The Balaban J connectivity index is 2.12. The molecule has 1 unspecified atom stereocenters. The maximum atomic E-state index is 4.57. The molecule has 1 N–H and O–H groups in total. The zero-order valence-corrected chi connectivity index (χ0v) is 13.0. The summed E-state index contributed by atoms with van der Waals surface area (Å²) < 4.78 is 4.09. The van der Waals surface area contributed by atoms with Crippen LogP contribution in [0.1, 0.15) is 35.5 Å². The molecule has 1 atom stereocenters. The van der Waals surface area contributed by atoms with E-state index in [1.807, 2.05) is 19.2 Å². The number of fused-ring (bicyclic) bond motifs is 1. The molecular formula is C16H18N4S. The van der Waals surface area contributed by atoms with Gasteiger partial charge in [0, 0.05) is 17.1 Å². The fourth-order valence-corrected chi connectivity index (χ4v) is 3.24. The molecule has 2 aromatic heterocycles. The van der Waals surface area contributed by atoms with E-state index in [-0.39, 0.29) is 6.04 Å². The van der Waals surface area contributed by atoms with Gasteiger partial charge in [-0.05, 0) is 37.5 Å². The van der Waals surface area contributed by atoms with E-state index < -0.39 is 0 Å². The van der Waals surface area contributed by atoms with Crippen LogP contribution in [0.5, 0.6) is 0 Å². The Labute approximate surface area is 128 Å². The highest BCUT2D eigenvalue weighted by atomic mass is 32.1. The minimum Gasteiger partial charge on any atom is -0.305 e. The number of rotatable bonds is 5. The van der Waals surface area contributed by atoms with Crippen LogP contribution in [0, 0.1) is 6.92 Å². The van der Waals surface area contributed by atoms with Gasteiger partial charge in [-0.3, -0.25) is 4.98 Å². The Kier molecular flexibility index (Phi) is 4.22. The Bertz CT molecular complexity index is 732. The SMILES string of the molecule is CCCNC(c1snnc1C)c1cccc2cccnc12. The highest BCUT2D eigenvalue weighted by Crippen LogP contribution is 2.30. The Morgan fingerprint density at radius 1 is 1.24 bits per heavy atom. The van der Waals surface area contributed by atoms with Crippen LogP contribution in [0.2, 0.25) is 0 Å². The minimum absolute atomic E-state index is 0.101.